The molecule has 2 aromatic rings. The summed E-state index contributed by atoms with van der Waals surface area (Å²) in [6, 6.07) is 12.6. The number of nitrogens with zero attached hydrogens (tertiary/aromatic N) is 3. The Balaban J connectivity index is 1.98. The predicted molar refractivity (Wildman–Crippen MR) is 88.0 cm³/mol. The number of pyridine rings is 1. The highest BCUT2D eigenvalue weighted by Gasteiger charge is 2.24. The Bertz CT molecular complexity index is 786. The van der Waals surface area contributed by atoms with Gasteiger partial charge in [-0.2, -0.15) is 0 Å². The van der Waals surface area contributed by atoms with Crippen molar-refractivity contribution in [1.29, 1.82) is 0 Å². The van der Waals surface area contributed by atoms with Gasteiger partial charge >= 0.3 is 0 Å². The molecule has 116 valence electrons. The molecule has 0 aliphatic carbocycles. The largest absolute Gasteiger partial charge is 0.504 e. The van der Waals surface area contributed by atoms with Crippen LogP contribution in [0, 0.1) is 0 Å². The number of carbonyl (C=O) groups is 1. The van der Waals surface area contributed by atoms with Crippen LogP contribution < -0.4 is 16.0 Å². The van der Waals surface area contributed by atoms with E-state index in [1.165, 1.54) is 12.3 Å². The molecular weight excluding hydrogens is 294 g/mol. The lowest BCUT2D eigenvalue weighted by Crippen LogP contribution is -2.42. The maximum absolute atomic E-state index is 11.4. The van der Waals surface area contributed by atoms with Crippen LogP contribution >= 0.6 is 0 Å². The number of rotatable bonds is 3. The predicted octanol–water partition coefficient (Wildman–Crippen LogP) is 1.44. The smallest absolute Gasteiger partial charge is 0.248 e. The average Bonchev–Trinajstić information content (AvgIpc) is 2.57. The fourth-order valence-corrected chi connectivity index (χ4v) is 2.16. The van der Waals surface area contributed by atoms with Gasteiger partial charge in [0.05, 0.1) is 12.1 Å². The average molecular weight is 309 g/mol. The fraction of sp³-hybridized carbons (Fsp3) is 0.0625. The van der Waals surface area contributed by atoms with Gasteiger partial charge in [-0.05, 0) is 24.3 Å². The van der Waals surface area contributed by atoms with Crippen molar-refractivity contribution >= 4 is 23.4 Å². The van der Waals surface area contributed by atoms with Gasteiger partial charge in [-0.25, -0.2) is 9.98 Å². The van der Waals surface area contributed by atoms with Crippen LogP contribution in [0.3, 0.4) is 0 Å². The van der Waals surface area contributed by atoms with Crippen molar-refractivity contribution in [2.24, 2.45) is 10.7 Å². The Labute approximate surface area is 132 Å². The summed E-state index contributed by atoms with van der Waals surface area (Å²) in [6.07, 6.45) is 2.97. The van der Waals surface area contributed by atoms with E-state index in [0.717, 1.165) is 5.69 Å². The summed E-state index contributed by atoms with van der Waals surface area (Å²) < 4.78 is 0. The second kappa shape index (κ2) is 6.18. The zero-order chi connectivity index (χ0) is 16.2. The molecule has 0 saturated heterocycles. The molecule has 0 radical (unpaired) electrons. The molecule has 23 heavy (non-hydrogen) atoms. The van der Waals surface area contributed by atoms with Gasteiger partial charge in [0.15, 0.2) is 11.6 Å². The third-order valence-corrected chi connectivity index (χ3v) is 3.29. The lowest BCUT2D eigenvalue weighted by molar-refractivity contribution is -0.114. The second-order valence-electron chi connectivity index (χ2n) is 4.89. The van der Waals surface area contributed by atoms with E-state index in [1.54, 1.807) is 17.2 Å². The first-order chi connectivity index (χ1) is 11.1. The van der Waals surface area contributed by atoms with Crippen LogP contribution in [0.15, 0.2) is 65.4 Å². The van der Waals surface area contributed by atoms with E-state index in [9.17, 15) is 9.90 Å². The molecule has 1 aliphatic heterocycles. The summed E-state index contributed by atoms with van der Waals surface area (Å²) in [5.74, 6) is 0.158. The summed E-state index contributed by atoms with van der Waals surface area (Å²) >= 11 is 0. The number of para-hydroxylation sites is 1. The molecule has 0 unspecified atom stereocenters. The first-order valence-corrected chi connectivity index (χ1v) is 6.95. The Morgan fingerprint density at radius 1 is 1.22 bits per heavy atom. The van der Waals surface area contributed by atoms with Gasteiger partial charge in [-0.3, -0.25) is 9.69 Å². The Morgan fingerprint density at radius 3 is 2.70 bits per heavy atom. The van der Waals surface area contributed by atoms with Crippen molar-refractivity contribution < 1.29 is 9.90 Å². The van der Waals surface area contributed by atoms with Gasteiger partial charge < -0.3 is 16.2 Å². The second-order valence-corrected chi connectivity index (χ2v) is 4.89. The quantitative estimate of drug-likeness (QED) is 0.796. The van der Waals surface area contributed by atoms with Crippen molar-refractivity contribution in [2.75, 3.05) is 16.8 Å². The Hall–Kier alpha value is -3.35. The highest BCUT2D eigenvalue weighted by Crippen LogP contribution is 2.26. The minimum Gasteiger partial charge on any atom is -0.504 e. The van der Waals surface area contributed by atoms with Crippen molar-refractivity contribution in [3.05, 3.63) is 60.4 Å². The van der Waals surface area contributed by atoms with Crippen LogP contribution in [-0.2, 0) is 4.79 Å². The number of aromatic hydroxyl groups is 1. The molecule has 3 rings (SSSR count). The van der Waals surface area contributed by atoms with E-state index in [1.807, 2.05) is 30.3 Å². The first-order valence-electron chi connectivity index (χ1n) is 6.95. The number of nitrogens with one attached hydrogen (secondary N) is 1. The molecule has 0 fully saturated rings. The van der Waals surface area contributed by atoms with Crippen LogP contribution in [0.4, 0.5) is 11.5 Å². The lowest BCUT2D eigenvalue weighted by atomic mass is 10.2. The van der Waals surface area contributed by atoms with Crippen LogP contribution in [-0.4, -0.2) is 28.5 Å². The molecule has 0 atom stereocenters. The number of nitrogens with two attached hydrogens (primary N) is 1. The minimum atomic E-state index is -0.562. The number of hydrogen-bond acceptors (Lipinski definition) is 6. The number of guanidine groups is 1. The van der Waals surface area contributed by atoms with Gasteiger partial charge in [0.25, 0.3) is 0 Å². The topological polar surface area (TPSA) is 104 Å². The number of hydrogen-bond donors (Lipinski definition) is 3. The zero-order valence-electron chi connectivity index (χ0n) is 12.2. The van der Waals surface area contributed by atoms with E-state index in [4.69, 9.17) is 5.73 Å². The molecule has 1 aliphatic rings. The van der Waals surface area contributed by atoms with Crippen molar-refractivity contribution in [1.82, 2.24) is 4.98 Å². The lowest BCUT2D eigenvalue weighted by Gasteiger charge is -2.28. The van der Waals surface area contributed by atoms with Crippen LogP contribution in [0.5, 0.6) is 5.75 Å². The number of aromatic nitrogens is 1. The number of primary amides is 1. The molecular formula is C16H15N5O2. The maximum Gasteiger partial charge on any atom is 0.248 e. The Kier molecular flexibility index (Phi) is 3.92. The summed E-state index contributed by atoms with van der Waals surface area (Å²) in [5, 5.41) is 13.2. The molecule has 0 spiro atoms. The maximum atomic E-state index is 11.4. The summed E-state index contributed by atoms with van der Waals surface area (Å²) in [6.45, 7) is 0.165. The van der Waals surface area contributed by atoms with Gasteiger partial charge in [0.1, 0.15) is 0 Å². The van der Waals surface area contributed by atoms with Gasteiger partial charge in [0.2, 0.25) is 11.9 Å². The van der Waals surface area contributed by atoms with E-state index >= 15 is 0 Å². The Morgan fingerprint density at radius 2 is 2.00 bits per heavy atom. The van der Waals surface area contributed by atoms with Crippen LogP contribution in [0.2, 0.25) is 0 Å². The zero-order valence-corrected chi connectivity index (χ0v) is 12.2. The SMILES string of the molecule is NC(=O)C1=CN=C(Nc2ccccc2)N(c2ncccc2O)C1. The van der Waals surface area contributed by atoms with Gasteiger partial charge in [-0.1, -0.05) is 18.2 Å². The molecule has 1 amide bonds. The van der Waals surface area contributed by atoms with E-state index in [0.29, 0.717) is 17.4 Å². The normalized spacial score (nSPS) is 14.0. The molecule has 1 aromatic carbocycles. The highest BCUT2D eigenvalue weighted by atomic mass is 16.3. The standard InChI is InChI=1S/C16H15N5O2/c17-14(23)11-9-19-16(20-12-5-2-1-3-6-12)21(10-11)15-13(22)7-4-8-18-15/h1-9,22H,10H2,(H2,17,23)(H,19,20). The van der Waals surface area contributed by atoms with Crippen molar-refractivity contribution in [2.45, 2.75) is 0 Å². The van der Waals surface area contributed by atoms with E-state index in [-0.39, 0.29) is 12.3 Å². The number of carbonyl (C=O) groups excluding carboxylic acids is 1. The third-order valence-electron chi connectivity index (χ3n) is 3.29. The molecule has 4 N–H and O–H groups in total. The molecule has 0 saturated carbocycles. The van der Waals surface area contributed by atoms with Gasteiger partial charge in [-0.15, -0.1) is 0 Å². The summed E-state index contributed by atoms with van der Waals surface area (Å²) in [7, 11) is 0. The fourth-order valence-electron chi connectivity index (χ4n) is 2.16. The minimum absolute atomic E-state index is 0.0132. The summed E-state index contributed by atoms with van der Waals surface area (Å²) in [4.78, 5) is 21.4. The molecule has 7 heteroatoms. The highest BCUT2D eigenvalue weighted by molar-refractivity contribution is 6.09. The van der Waals surface area contributed by atoms with Crippen molar-refractivity contribution in [3.8, 4) is 5.75 Å². The molecule has 1 aromatic heterocycles. The number of benzene rings is 1. The van der Waals surface area contributed by atoms with E-state index in [2.05, 4.69) is 15.3 Å². The first kappa shape index (κ1) is 14.6. The van der Waals surface area contributed by atoms with Gasteiger partial charge in [0, 0.05) is 18.1 Å². The molecule has 7 nitrogen and oxygen atoms in total. The number of anilines is 2. The molecule has 2 heterocycles. The number of aliphatic imine (C=N–C) groups is 1. The van der Waals surface area contributed by atoms with Crippen LogP contribution in [0.1, 0.15) is 0 Å². The summed E-state index contributed by atoms with van der Waals surface area (Å²) in [5.41, 5.74) is 6.49. The van der Waals surface area contributed by atoms with Crippen molar-refractivity contribution in [3.63, 3.8) is 0 Å². The van der Waals surface area contributed by atoms with Crippen LogP contribution in [0.25, 0.3) is 0 Å². The third kappa shape index (κ3) is 3.13. The number of amides is 1. The molecule has 0 bridgehead atoms. The monoisotopic (exact) mass is 309 g/mol. The van der Waals surface area contributed by atoms with E-state index < -0.39 is 5.91 Å².